The number of benzene rings is 1. The molecule has 0 aromatic heterocycles. The molecule has 0 heterocycles. The van der Waals surface area contributed by atoms with E-state index in [0.717, 1.165) is 13.0 Å². The summed E-state index contributed by atoms with van der Waals surface area (Å²) < 4.78 is 0. The molecule has 1 aromatic rings. The van der Waals surface area contributed by atoms with Gasteiger partial charge in [0.1, 0.15) is 0 Å². The van der Waals surface area contributed by atoms with Crippen LogP contribution in [-0.4, -0.2) is 6.54 Å². The summed E-state index contributed by atoms with van der Waals surface area (Å²) in [5, 5.41) is 0. The van der Waals surface area contributed by atoms with Gasteiger partial charge in [0, 0.05) is 0 Å². The molecule has 0 unspecified atom stereocenters. The summed E-state index contributed by atoms with van der Waals surface area (Å²) in [6.45, 7) is 5.32. The van der Waals surface area contributed by atoms with Crippen LogP contribution in [0.2, 0.25) is 0 Å². The first-order valence-corrected chi connectivity index (χ1v) is 6.00. The molecule has 0 atom stereocenters. The van der Waals surface area contributed by atoms with Gasteiger partial charge in [-0.1, -0.05) is 44.2 Å². The van der Waals surface area contributed by atoms with Crippen LogP contribution >= 0.6 is 0 Å². The van der Waals surface area contributed by atoms with Gasteiger partial charge in [-0.3, -0.25) is 0 Å². The molecule has 0 amide bonds. The van der Waals surface area contributed by atoms with Gasteiger partial charge in [0.05, 0.1) is 0 Å². The third-order valence-corrected chi connectivity index (χ3v) is 3.72. The van der Waals surface area contributed by atoms with Gasteiger partial charge in [-0.15, -0.1) is 0 Å². The molecular weight excluding hydrogens is 182 g/mol. The van der Waals surface area contributed by atoms with Crippen LogP contribution in [0, 0.1) is 5.41 Å². The Morgan fingerprint density at radius 2 is 1.67 bits per heavy atom. The monoisotopic (exact) mass is 205 g/mol. The maximum atomic E-state index is 5.89. The van der Waals surface area contributed by atoms with Gasteiger partial charge in [0.25, 0.3) is 0 Å². The predicted molar refractivity (Wildman–Crippen MR) is 66.8 cm³/mol. The Balaban J connectivity index is 2.54. The zero-order chi connectivity index (χ0) is 11.1. The maximum Gasteiger partial charge on any atom is -0.00206 e. The second-order valence-corrected chi connectivity index (χ2v) is 4.40. The molecular formula is C14H23N. The summed E-state index contributed by atoms with van der Waals surface area (Å²) in [5.74, 6) is 0. The van der Waals surface area contributed by atoms with Gasteiger partial charge >= 0.3 is 0 Å². The van der Waals surface area contributed by atoms with E-state index in [1.807, 2.05) is 0 Å². The van der Waals surface area contributed by atoms with E-state index < -0.39 is 0 Å². The zero-order valence-electron chi connectivity index (χ0n) is 10.00. The highest BCUT2D eigenvalue weighted by atomic mass is 14.6. The number of aryl methyl sites for hydroxylation is 1. The molecule has 0 aliphatic heterocycles. The quantitative estimate of drug-likeness (QED) is 0.757. The minimum atomic E-state index is 0.357. The third kappa shape index (κ3) is 3.35. The Hall–Kier alpha value is -0.820. The van der Waals surface area contributed by atoms with Crippen LogP contribution < -0.4 is 5.73 Å². The molecule has 84 valence electrons. The summed E-state index contributed by atoms with van der Waals surface area (Å²) in [4.78, 5) is 0. The lowest BCUT2D eigenvalue weighted by atomic mass is 9.77. The number of rotatable bonds is 6. The normalized spacial score (nSPS) is 11.7. The zero-order valence-corrected chi connectivity index (χ0v) is 10.00. The van der Waals surface area contributed by atoms with Crippen LogP contribution in [0.15, 0.2) is 30.3 Å². The van der Waals surface area contributed by atoms with Gasteiger partial charge in [-0.2, -0.15) is 0 Å². The first kappa shape index (κ1) is 12.3. The molecule has 0 aliphatic rings. The highest BCUT2D eigenvalue weighted by Gasteiger charge is 2.23. The van der Waals surface area contributed by atoms with Crippen molar-refractivity contribution in [3.05, 3.63) is 35.9 Å². The molecule has 1 rings (SSSR count). The second-order valence-electron chi connectivity index (χ2n) is 4.40. The molecule has 2 N–H and O–H groups in total. The van der Waals surface area contributed by atoms with E-state index in [1.54, 1.807) is 0 Å². The van der Waals surface area contributed by atoms with Crippen molar-refractivity contribution >= 4 is 0 Å². The summed E-state index contributed by atoms with van der Waals surface area (Å²) in [6.07, 6.45) is 4.74. The molecule has 15 heavy (non-hydrogen) atoms. The molecule has 1 nitrogen and oxygen atoms in total. The van der Waals surface area contributed by atoms with E-state index >= 15 is 0 Å². The Bertz CT molecular complexity index is 254. The minimum absolute atomic E-state index is 0.357. The lowest BCUT2D eigenvalue weighted by molar-refractivity contribution is 0.250. The molecule has 0 spiro atoms. The highest BCUT2D eigenvalue weighted by Crippen LogP contribution is 2.30. The molecule has 0 aliphatic carbocycles. The highest BCUT2D eigenvalue weighted by molar-refractivity contribution is 5.14. The van der Waals surface area contributed by atoms with Gasteiger partial charge in [-0.25, -0.2) is 0 Å². The van der Waals surface area contributed by atoms with Gasteiger partial charge < -0.3 is 5.73 Å². The number of hydrogen-bond acceptors (Lipinski definition) is 1. The Labute approximate surface area is 93.7 Å². The summed E-state index contributed by atoms with van der Waals surface area (Å²) in [6, 6.07) is 10.7. The van der Waals surface area contributed by atoms with Gasteiger partial charge in [0.15, 0.2) is 0 Å². The first-order chi connectivity index (χ1) is 7.26. The average molecular weight is 205 g/mol. The molecule has 0 radical (unpaired) electrons. The fourth-order valence-corrected chi connectivity index (χ4v) is 2.05. The summed E-state index contributed by atoms with van der Waals surface area (Å²) in [7, 11) is 0. The molecule has 0 bridgehead atoms. The Morgan fingerprint density at radius 1 is 1.07 bits per heavy atom. The van der Waals surface area contributed by atoms with Crippen LogP contribution in [0.1, 0.15) is 38.7 Å². The average Bonchev–Trinajstić information content (AvgIpc) is 2.33. The predicted octanol–water partition coefficient (Wildman–Crippen LogP) is 3.38. The van der Waals surface area contributed by atoms with E-state index in [9.17, 15) is 0 Å². The Morgan fingerprint density at radius 3 is 2.13 bits per heavy atom. The van der Waals surface area contributed by atoms with Crippen molar-refractivity contribution in [2.45, 2.75) is 39.5 Å². The van der Waals surface area contributed by atoms with E-state index in [2.05, 4.69) is 44.2 Å². The van der Waals surface area contributed by atoms with Crippen LogP contribution in [0.4, 0.5) is 0 Å². The van der Waals surface area contributed by atoms with E-state index in [4.69, 9.17) is 5.73 Å². The van der Waals surface area contributed by atoms with Crippen molar-refractivity contribution in [3.8, 4) is 0 Å². The van der Waals surface area contributed by atoms with Crippen molar-refractivity contribution in [1.29, 1.82) is 0 Å². The summed E-state index contributed by atoms with van der Waals surface area (Å²) >= 11 is 0. The van der Waals surface area contributed by atoms with Crippen LogP contribution in [-0.2, 0) is 6.42 Å². The third-order valence-electron chi connectivity index (χ3n) is 3.72. The SMILES string of the molecule is CCC(CC)(CN)CCc1ccccc1. The maximum absolute atomic E-state index is 5.89. The van der Waals surface area contributed by atoms with Crippen LogP contribution in [0.5, 0.6) is 0 Å². The van der Waals surface area contributed by atoms with E-state index in [0.29, 0.717) is 5.41 Å². The molecule has 0 fully saturated rings. The number of nitrogens with two attached hydrogens (primary N) is 1. The van der Waals surface area contributed by atoms with Gasteiger partial charge in [0.2, 0.25) is 0 Å². The molecule has 0 saturated heterocycles. The van der Waals surface area contributed by atoms with Crippen molar-refractivity contribution in [2.24, 2.45) is 11.1 Å². The summed E-state index contributed by atoms with van der Waals surface area (Å²) in [5.41, 5.74) is 7.68. The fourth-order valence-electron chi connectivity index (χ4n) is 2.05. The minimum Gasteiger partial charge on any atom is -0.330 e. The van der Waals surface area contributed by atoms with Crippen LogP contribution in [0.25, 0.3) is 0 Å². The van der Waals surface area contributed by atoms with Gasteiger partial charge in [-0.05, 0) is 43.2 Å². The van der Waals surface area contributed by atoms with E-state index in [1.165, 1.54) is 24.8 Å². The van der Waals surface area contributed by atoms with Crippen molar-refractivity contribution in [2.75, 3.05) is 6.54 Å². The smallest absolute Gasteiger partial charge is 0.00206 e. The number of hydrogen-bond donors (Lipinski definition) is 1. The Kier molecular flexibility index (Phi) is 4.83. The van der Waals surface area contributed by atoms with Crippen molar-refractivity contribution in [3.63, 3.8) is 0 Å². The van der Waals surface area contributed by atoms with Crippen molar-refractivity contribution < 1.29 is 0 Å². The van der Waals surface area contributed by atoms with Crippen molar-refractivity contribution in [1.82, 2.24) is 0 Å². The largest absolute Gasteiger partial charge is 0.330 e. The molecule has 0 saturated carbocycles. The molecule has 1 aromatic carbocycles. The topological polar surface area (TPSA) is 26.0 Å². The van der Waals surface area contributed by atoms with E-state index in [-0.39, 0.29) is 0 Å². The fraction of sp³-hybridized carbons (Fsp3) is 0.571. The lowest BCUT2D eigenvalue weighted by Gasteiger charge is -2.30. The lowest BCUT2D eigenvalue weighted by Crippen LogP contribution is -2.29. The standard InChI is InChI=1S/C14H23N/c1-3-14(4-2,12-15)11-10-13-8-6-5-7-9-13/h5-9H,3-4,10-12,15H2,1-2H3. The second kappa shape index (κ2) is 5.92. The first-order valence-electron chi connectivity index (χ1n) is 6.00. The van der Waals surface area contributed by atoms with Crippen LogP contribution in [0.3, 0.4) is 0 Å². The molecule has 1 heteroatoms.